The number of halogens is 3. The highest BCUT2D eigenvalue weighted by Gasteiger charge is 2.41. The fourth-order valence-electron chi connectivity index (χ4n) is 3.82. The number of carbonyl (C=O) groups is 2. The summed E-state index contributed by atoms with van der Waals surface area (Å²) >= 11 is 0. The summed E-state index contributed by atoms with van der Waals surface area (Å²) in [6.07, 6.45) is -1.13. The lowest BCUT2D eigenvalue weighted by molar-refractivity contribution is -0.157. The van der Waals surface area contributed by atoms with Gasteiger partial charge in [0.05, 0.1) is 11.6 Å². The SMILES string of the molecule is CN(CCCCCc1cc(-c2ccccc2)n[nH]1)C(=O)C1CC(=O)N(CC(F)(F)F)C1. The molecule has 1 aromatic heterocycles. The second-order valence-electron chi connectivity index (χ2n) is 8.01. The van der Waals surface area contributed by atoms with Crippen LogP contribution in [-0.2, 0) is 16.0 Å². The molecule has 31 heavy (non-hydrogen) atoms. The fourth-order valence-corrected chi connectivity index (χ4v) is 3.82. The Kier molecular flexibility index (Phi) is 7.35. The number of hydrogen-bond acceptors (Lipinski definition) is 3. The lowest BCUT2D eigenvalue weighted by atomic mass is 10.1. The number of rotatable bonds is 9. The van der Waals surface area contributed by atoms with Gasteiger partial charge in [-0.1, -0.05) is 36.8 Å². The molecule has 168 valence electrons. The molecule has 1 atom stereocenters. The molecule has 1 fully saturated rings. The van der Waals surface area contributed by atoms with Gasteiger partial charge in [0, 0.05) is 37.8 Å². The van der Waals surface area contributed by atoms with Crippen molar-refractivity contribution >= 4 is 11.8 Å². The monoisotopic (exact) mass is 436 g/mol. The molecule has 1 N–H and O–H groups in total. The molecule has 1 aromatic carbocycles. The maximum atomic E-state index is 12.5. The normalized spacial score (nSPS) is 16.7. The molecule has 2 aromatic rings. The molecule has 1 saturated heterocycles. The summed E-state index contributed by atoms with van der Waals surface area (Å²) in [4.78, 5) is 26.5. The number of benzene rings is 1. The van der Waals surface area contributed by atoms with E-state index in [1.165, 1.54) is 4.90 Å². The van der Waals surface area contributed by atoms with Crippen LogP contribution in [0.15, 0.2) is 36.4 Å². The van der Waals surface area contributed by atoms with Gasteiger partial charge in [0.15, 0.2) is 0 Å². The minimum atomic E-state index is -4.45. The Morgan fingerprint density at radius 2 is 1.97 bits per heavy atom. The van der Waals surface area contributed by atoms with E-state index in [1.54, 1.807) is 7.05 Å². The van der Waals surface area contributed by atoms with Crippen molar-refractivity contribution in [2.24, 2.45) is 5.92 Å². The van der Waals surface area contributed by atoms with Crippen LogP contribution in [-0.4, -0.2) is 64.7 Å². The Balaban J connectivity index is 1.36. The van der Waals surface area contributed by atoms with E-state index in [-0.39, 0.29) is 18.9 Å². The second-order valence-corrected chi connectivity index (χ2v) is 8.01. The highest BCUT2D eigenvalue weighted by molar-refractivity contribution is 5.89. The van der Waals surface area contributed by atoms with E-state index in [9.17, 15) is 22.8 Å². The largest absolute Gasteiger partial charge is 0.406 e. The Labute approximate surface area is 179 Å². The Hall–Kier alpha value is -2.84. The van der Waals surface area contributed by atoms with Gasteiger partial charge in [-0.05, 0) is 25.3 Å². The van der Waals surface area contributed by atoms with E-state index in [0.717, 1.165) is 47.5 Å². The number of aromatic nitrogens is 2. The number of aromatic amines is 1. The predicted octanol–water partition coefficient (Wildman–Crippen LogP) is 3.66. The van der Waals surface area contributed by atoms with Gasteiger partial charge in [0.2, 0.25) is 11.8 Å². The molecule has 0 saturated carbocycles. The second kappa shape index (κ2) is 9.98. The number of aryl methyl sites for hydroxylation is 1. The molecule has 9 heteroatoms. The van der Waals surface area contributed by atoms with Gasteiger partial charge in [-0.3, -0.25) is 14.7 Å². The molecule has 0 bridgehead atoms. The minimum absolute atomic E-state index is 0.150. The molecule has 0 spiro atoms. The van der Waals surface area contributed by atoms with Gasteiger partial charge in [0.1, 0.15) is 6.54 Å². The first-order valence-corrected chi connectivity index (χ1v) is 10.4. The third kappa shape index (κ3) is 6.57. The summed E-state index contributed by atoms with van der Waals surface area (Å²) in [5.74, 6) is -1.57. The number of amides is 2. The molecule has 0 aliphatic carbocycles. The minimum Gasteiger partial charge on any atom is -0.345 e. The average Bonchev–Trinajstić information content (AvgIpc) is 3.33. The molecule has 1 unspecified atom stereocenters. The topological polar surface area (TPSA) is 69.3 Å². The number of nitrogens with one attached hydrogen (secondary N) is 1. The molecular formula is C22H27F3N4O2. The van der Waals surface area contributed by atoms with E-state index < -0.39 is 24.5 Å². The zero-order chi connectivity index (χ0) is 22.4. The fraction of sp³-hybridized carbons (Fsp3) is 0.500. The van der Waals surface area contributed by atoms with Crippen LogP contribution < -0.4 is 0 Å². The first kappa shape index (κ1) is 22.8. The van der Waals surface area contributed by atoms with Gasteiger partial charge >= 0.3 is 6.18 Å². The Morgan fingerprint density at radius 1 is 1.23 bits per heavy atom. The van der Waals surface area contributed by atoms with Crippen LogP contribution in [0.2, 0.25) is 0 Å². The van der Waals surface area contributed by atoms with Crippen molar-refractivity contribution in [3.8, 4) is 11.3 Å². The quantitative estimate of drug-likeness (QED) is 0.610. The number of nitrogens with zero attached hydrogens (tertiary/aromatic N) is 3. The number of unbranched alkanes of at least 4 members (excludes halogenated alkanes) is 2. The van der Waals surface area contributed by atoms with Gasteiger partial charge in [-0.25, -0.2) is 0 Å². The van der Waals surface area contributed by atoms with Crippen LogP contribution in [0, 0.1) is 5.92 Å². The van der Waals surface area contributed by atoms with Crippen molar-refractivity contribution in [2.45, 2.75) is 38.3 Å². The maximum absolute atomic E-state index is 12.5. The van der Waals surface area contributed by atoms with Crippen LogP contribution in [0.25, 0.3) is 11.3 Å². The van der Waals surface area contributed by atoms with Crippen LogP contribution >= 0.6 is 0 Å². The Morgan fingerprint density at radius 3 is 2.68 bits per heavy atom. The van der Waals surface area contributed by atoms with E-state index in [0.29, 0.717) is 6.54 Å². The highest BCUT2D eigenvalue weighted by Crippen LogP contribution is 2.25. The number of carbonyl (C=O) groups excluding carboxylic acids is 2. The third-order valence-corrected chi connectivity index (χ3v) is 5.45. The van der Waals surface area contributed by atoms with E-state index in [2.05, 4.69) is 10.2 Å². The zero-order valence-electron chi connectivity index (χ0n) is 17.5. The predicted molar refractivity (Wildman–Crippen MR) is 110 cm³/mol. The maximum Gasteiger partial charge on any atom is 0.406 e. The molecule has 1 aliphatic heterocycles. The molecule has 3 rings (SSSR count). The van der Waals surface area contributed by atoms with Crippen LogP contribution in [0.4, 0.5) is 13.2 Å². The third-order valence-electron chi connectivity index (χ3n) is 5.45. The summed E-state index contributed by atoms with van der Waals surface area (Å²) in [5.41, 5.74) is 3.02. The van der Waals surface area contributed by atoms with Crippen LogP contribution in [0.3, 0.4) is 0 Å². The van der Waals surface area contributed by atoms with Crippen molar-refractivity contribution in [3.63, 3.8) is 0 Å². The summed E-state index contributed by atoms with van der Waals surface area (Å²) in [6, 6.07) is 11.9. The molecule has 1 aliphatic rings. The van der Waals surface area contributed by atoms with Crippen molar-refractivity contribution in [3.05, 3.63) is 42.1 Å². The summed E-state index contributed by atoms with van der Waals surface area (Å²) in [6.45, 7) is -0.939. The van der Waals surface area contributed by atoms with Crippen molar-refractivity contribution in [1.82, 2.24) is 20.0 Å². The van der Waals surface area contributed by atoms with E-state index >= 15 is 0 Å². The lowest BCUT2D eigenvalue weighted by Gasteiger charge is -2.22. The number of hydrogen-bond donors (Lipinski definition) is 1. The van der Waals surface area contributed by atoms with Crippen LogP contribution in [0.5, 0.6) is 0 Å². The van der Waals surface area contributed by atoms with Gasteiger partial charge in [-0.2, -0.15) is 18.3 Å². The average molecular weight is 436 g/mol. The first-order chi connectivity index (χ1) is 14.7. The van der Waals surface area contributed by atoms with Crippen molar-refractivity contribution in [2.75, 3.05) is 26.7 Å². The van der Waals surface area contributed by atoms with E-state index in [4.69, 9.17) is 0 Å². The number of H-pyrrole nitrogens is 1. The van der Waals surface area contributed by atoms with Gasteiger partial charge in [0.25, 0.3) is 0 Å². The summed E-state index contributed by atoms with van der Waals surface area (Å²) in [7, 11) is 1.64. The Bertz CT molecular complexity index is 882. The first-order valence-electron chi connectivity index (χ1n) is 10.4. The van der Waals surface area contributed by atoms with Crippen molar-refractivity contribution < 1.29 is 22.8 Å². The van der Waals surface area contributed by atoms with Crippen LogP contribution in [0.1, 0.15) is 31.4 Å². The molecule has 0 radical (unpaired) electrons. The smallest absolute Gasteiger partial charge is 0.345 e. The number of likely N-dealkylation sites (tertiary alicyclic amines) is 1. The summed E-state index contributed by atoms with van der Waals surface area (Å²) in [5, 5.41) is 7.39. The standard InChI is InChI=1S/C22H27F3N4O2/c1-28(21(31)17-12-20(30)29(14-17)15-22(23,24)25)11-7-3-6-10-18-13-19(27-26-18)16-8-4-2-5-9-16/h2,4-5,8-9,13,17H,3,6-7,10-12,14-15H2,1H3,(H,26,27). The van der Waals surface area contributed by atoms with Gasteiger partial charge in [-0.15, -0.1) is 0 Å². The highest BCUT2D eigenvalue weighted by atomic mass is 19.4. The van der Waals surface area contributed by atoms with Crippen molar-refractivity contribution in [1.29, 1.82) is 0 Å². The molecular weight excluding hydrogens is 409 g/mol. The summed E-state index contributed by atoms with van der Waals surface area (Å²) < 4.78 is 37.6. The molecule has 6 nitrogen and oxygen atoms in total. The van der Waals surface area contributed by atoms with Gasteiger partial charge < -0.3 is 9.80 Å². The zero-order valence-corrected chi connectivity index (χ0v) is 17.5. The molecule has 2 amide bonds. The molecule has 2 heterocycles. The van der Waals surface area contributed by atoms with E-state index in [1.807, 2.05) is 36.4 Å². The lowest BCUT2D eigenvalue weighted by Crippen LogP contribution is -2.38. The number of alkyl halides is 3.